The van der Waals surface area contributed by atoms with Gasteiger partial charge >= 0.3 is 0 Å². The third-order valence-corrected chi connectivity index (χ3v) is 5.92. The van der Waals surface area contributed by atoms with Gasteiger partial charge in [0.15, 0.2) is 9.84 Å². The molecule has 1 aliphatic heterocycles. The molecule has 3 rings (SSSR count). The Balaban J connectivity index is 1.56. The number of rotatable bonds is 4. The Morgan fingerprint density at radius 2 is 2.00 bits per heavy atom. The summed E-state index contributed by atoms with van der Waals surface area (Å²) in [6.45, 7) is 0.465. The first kappa shape index (κ1) is 13.8. The number of Topliss-reactive ketones (excluding diaryl/α,β-unsaturated/α-hetero) is 1. The number of ketones is 1. The molecule has 0 spiro atoms. The van der Waals surface area contributed by atoms with E-state index in [0.29, 0.717) is 18.9 Å². The van der Waals surface area contributed by atoms with E-state index in [1.165, 1.54) is 5.56 Å². The minimum absolute atomic E-state index is 0.0869. The number of hydrogen-bond donors (Lipinski definition) is 1. The van der Waals surface area contributed by atoms with Crippen molar-refractivity contribution in [1.82, 2.24) is 5.32 Å². The molecule has 2 aliphatic rings. The van der Waals surface area contributed by atoms with Crippen LogP contribution in [0.5, 0.6) is 0 Å². The predicted molar refractivity (Wildman–Crippen MR) is 77.4 cm³/mol. The van der Waals surface area contributed by atoms with Gasteiger partial charge in [0.05, 0.1) is 11.5 Å². The lowest BCUT2D eigenvalue weighted by Gasteiger charge is -2.23. The van der Waals surface area contributed by atoms with Crippen LogP contribution in [0.1, 0.15) is 24.3 Å². The fraction of sp³-hybridized carbons (Fsp3) is 0.533. The Bertz CT molecular complexity index is 597. The molecule has 20 heavy (non-hydrogen) atoms. The van der Waals surface area contributed by atoms with E-state index in [2.05, 4.69) is 17.4 Å². The quantitative estimate of drug-likeness (QED) is 0.904. The van der Waals surface area contributed by atoms with Crippen molar-refractivity contribution < 1.29 is 13.2 Å². The average Bonchev–Trinajstić information content (AvgIpc) is 3.19. The minimum atomic E-state index is -2.96. The SMILES string of the molecule is O=C(CC1CS(=O)(=O)CCN1)C1CC1c1ccccc1. The lowest BCUT2D eigenvalue weighted by molar-refractivity contribution is -0.120. The first-order valence-electron chi connectivity index (χ1n) is 7.06. The summed E-state index contributed by atoms with van der Waals surface area (Å²) in [6, 6.07) is 9.87. The second-order valence-electron chi connectivity index (χ2n) is 5.80. The Kier molecular flexibility index (Phi) is 3.65. The van der Waals surface area contributed by atoms with E-state index in [0.717, 1.165) is 6.42 Å². The molecule has 5 heteroatoms. The van der Waals surface area contributed by atoms with Gasteiger partial charge in [0.1, 0.15) is 5.78 Å². The number of nitrogens with one attached hydrogen (secondary N) is 1. The molecule has 3 unspecified atom stereocenters. The van der Waals surface area contributed by atoms with Gasteiger partial charge in [-0.15, -0.1) is 0 Å². The molecule has 1 aromatic rings. The molecule has 1 aliphatic carbocycles. The second-order valence-corrected chi connectivity index (χ2v) is 8.02. The van der Waals surface area contributed by atoms with E-state index in [-0.39, 0.29) is 29.2 Å². The van der Waals surface area contributed by atoms with Gasteiger partial charge in [-0.1, -0.05) is 30.3 Å². The normalized spacial score (nSPS) is 31.7. The third-order valence-electron chi connectivity index (χ3n) is 4.18. The van der Waals surface area contributed by atoms with Gasteiger partial charge in [-0.05, 0) is 17.9 Å². The molecule has 0 aromatic heterocycles. The number of carbonyl (C=O) groups is 1. The minimum Gasteiger partial charge on any atom is -0.312 e. The maximum Gasteiger partial charge on any atom is 0.153 e. The van der Waals surface area contributed by atoms with Crippen LogP contribution in [-0.4, -0.2) is 38.3 Å². The van der Waals surface area contributed by atoms with E-state index in [1.54, 1.807) is 0 Å². The Hall–Kier alpha value is -1.20. The van der Waals surface area contributed by atoms with Crippen LogP contribution in [0.2, 0.25) is 0 Å². The van der Waals surface area contributed by atoms with Crippen molar-refractivity contribution in [3.8, 4) is 0 Å². The van der Waals surface area contributed by atoms with Gasteiger partial charge < -0.3 is 5.32 Å². The largest absolute Gasteiger partial charge is 0.312 e. The summed E-state index contributed by atoms with van der Waals surface area (Å²) < 4.78 is 23.1. The molecule has 1 saturated carbocycles. The van der Waals surface area contributed by atoms with Crippen LogP contribution < -0.4 is 5.32 Å². The summed E-state index contributed by atoms with van der Waals surface area (Å²) in [5, 5.41) is 3.14. The molecule has 0 amide bonds. The van der Waals surface area contributed by atoms with Crippen molar-refractivity contribution in [3.05, 3.63) is 35.9 Å². The van der Waals surface area contributed by atoms with Gasteiger partial charge in [0, 0.05) is 24.9 Å². The van der Waals surface area contributed by atoms with Crippen molar-refractivity contribution in [2.24, 2.45) is 5.92 Å². The number of benzene rings is 1. The molecular weight excluding hydrogens is 274 g/mol. The summed E-state index contributed by atoms with van der Waals surface area (Å²) in [7, 11) is -2.96. The molecular formula is C15H19NO3S. The fourth-order valence-corrected chi connectivity index (χ4v) is 4.46. The van der Waals surface area contributed by atoms with Crippen molar-refractivity contribution in [3.63, 3.8) is 0 Å². The third kappa shape index (κ3) is 3.10. The summed E-state index contributed by atoms with van der Waals surface area (Å²) in [5.41, 5.74) is 1.22. The van der Waals surface area contributed by atoms with Crippen LogP contribution in [0.15, 0.2) is 30.3 Å². The lowest BCUT2D eigenvalue weighted by atomic mass is 10.0. The van der Waals surface area contributed by atoms with E-state index in [9.17, 15) is 13.2 Å². The van der Waals surface area contributed by atoms with Gasteiger partial charge in [-0.25, -0.2) is 8.42 Å². The monoisotopic (exact) mass is 293 g/mol. The molecule has 1 N–H and O–H groups in total. The highest BCUT2D eigenvalue weighted by Gasteiger charge is 2.44. The molecule has 4 nitrogen and oxygen atoms in total. The predicted octanol–water partition coefficient (Wildman–Crippen LogP) is 1.14. The molecule has 1 aromatic carbocycles. The standard InChI is InChI=1S/C15H19NO3S/c17-15(8-12-10-20(18,19)7-6-16-12)14-9-13(14)11-4-2-1-3-5-11/h1-5,12-14,16H,6-10H2. The van der Waals surface area contributed by atoms with Crippen LogP contribution >= 0.6 is 0 Å². The first-order chi connectivity index (χ1) is 9.55. The zero-order valence-corrected chi connectivity index (χ0v) is 12.1. The molecule has 0 radical (unpaired) electrons. The zero-order valence-electron chi connectivity index (χ0n) is 11.3. The summed E-state index contributed by atoms with van der Waals surface area (Å²) in [4.78, 5) is 12.2. The van der Waals surface area contributed by atoms with Gasteiger partial charge in [0.2, 0.25) is 0 Å². The summed E-state index contributed by atoms with van der Waals surface area (Å²) >= 11 is 0. The van der Waals surface area contributed by atoms with Crippen LogP contribution in [0.3, 0.4) is 0 Å². The maximum absolute atomic E-state index is 12.2. The van der Waals surface area contributed by atoms with Gasteiger partial charge in [-0.3, -0.25) is 4.79 Å². The first-order valence-corrected chi connectivity index (χ1v) is 8.89. The van der Waals surface area contributed by atoms with E-state index < -0.39 is 9.84 Å². The fourth-order valence-electron chi connectivity index (χ4n) is 3.01. The van der Waals surface area contributed by atoms with Crippen LogP contribution in [0.25, 0.3) is 0 Å². The topological polar surface area (TPSA) is 63.2 Å². The van der Waals surface area contributed by atoms with Gasteiger partial charge in [0.25, 0.3) is 0 Å². The van der Waals surface area contributed by atoms with Crippen molar-refractivity contribution in [2.45, 2.75) is 24.8 Å². The lowest BCUT2D eigenvalue weighted by Crippen LogP contribution is -2.46. The Morgan fingerprint density at radius 1 is 1.25 bits per heavy atom. The van der Waals surface area contributed by atoms with E-state index in [4.69, 9.17) is 0 Å². The highest BCUT2D eigenvalue weighted by atomic mass is 32.2. The smallest absolute Gasteiger partial charge is 0.153 e. The highest BCUT2D eigenvalue weighted by Crippen LogP contribution is 2.48. The Morgan fingerprint density at radius 3 is 2.70 bits per heavy atom. The maximum atomic E-state index is 12.2. The van der Waals surface area contributed by atoms with E-state index in [1.807, 2.05) is 18.2 Å². The molecule has 2 fully saturated rings. The second kappa shape index (κ2) is 5.30. The van der Waals surface area contributed by atoms with Crippen molar-refractivity contribution in [2.75, 3.05) is 18.1 Å². The Labute approximate surface area is 119 Å². The molecule has 1 saturated heterocycles. The van der Waals surface area contributed by atoms with Crippen LogP contribution in [0, 0.1) is 5.92 Å². The number of carbonyl (C=O) groups excluding carboxylic acids is 1. The molecule has 0 bridgehead atoms. The number of sulfone groups is 1. The summed E-state index contributed by atoms with van der Waals surface area (Å²) in [6.07, 6.45) is 1.25. The molecule has 3 atom stereocenters. The van der Waals surface area contributed by atoms with Gasteiger partial charge in [-0.2, -0.15) is 0 Å². The average molecular weight is 293 g/mol. The zero-order chi connectivity index (χ0) is 14.2. The van der Waals surface area contributed by atoms with Crippen LogP contribution in [-0.2, 0) is 14.6 Å². The van der Waals surface area contributed by atoms with E-state index >= 15 is 0 Å². The molecule has 108 valence electrons. The highest BCUT2D eigenvalue weighted by molar-refractivity contribution is 7.91. The van der Waals surface area contributed by atoms with Crippen molar-refractivity contribution in [1.29, 1.82) is 0 Å². The summed E-state index contributed by atoms with van der Waals surface area (Å²) in [5.74, 6) is 0.913. The number of hydrogen-bond acceptors (Lipinski definition) is 4. The van der Waals surface area contributed by atoms with Crippen molar-refractivity contribution >= 4 is 15.6 Å². The molecule has 1 heterocycles. The van der Waals surface area contributed by atoms with Crippen LogP contribution in [0.4, 0.5) is 0 Å².